The van der Waals surface area contributed by atoms with Gasteiger partial charge in [0.05, 0.1) is 11.4 Å². The SMILES string of the molecule is C=[N+]([O-])c1ccc(NC)c(N)c1N. The number of nitrogens with zero attached hydrogens (tertiary/aromatic N) is 1. The first-order valence-corrected chi connectivity index (χ1v) is 3.71. The Bertz CT molecular complexity index is 348. The van der Waals surface area contributed by atoms with E-state index in [2.05, 4.69) is 12.0 Å². The van der Waals surface area contributed by atoms with Crippen molar-refractivity contribution in [1.82, 2.24) is 0 Å². The Labute approximate surface area is 76.2 Å². The van der Waals surface area contributed by atoms with E-state index in [1.807, 2.05) is 0 Å². The van der Waals surface area contributed by atoms with E-state index in [0.29, 0.717) is 16.1 Å². The van der Waals surface area contributed by atoms with Gasteiger partial charge in [-0.15, -0.1) is 0 Å². The number of nitrogen functional groups attached to an aromatic ring is 2. The Kier molecular flexibility index (Phi) is 2.27. The minimum atomic E-state index is 0.247. The quantitative estimate of drug-likeness (QED) is 0.206. The fraction of sp³-hybridized carbons (Fsp3) is 0.125. The lowest BCUT2D eigenvalue weighted by Gasteiger charge is -2.10. The van der Waals surface area contributed by atoms with Gasteiger partial charge in [0.25, 0.3) is 0 Å². The van der Waals surface area contributed by atoms with E-state index in [1.165, 1.54) is 0 Å². The highest BCUT2D eigenvalue weighted by atomic mass is 16.5. The van der Waals surface area contributed by atoms with Crippen LogP contribution in [0.1, 0.15) is 0 Å². The topological polar surface area (TPSA) is 90.1 Å². The van der Waals surface area contributed by atoms with Crippen molar-refractivity contribution >= 4 is 29.5 Å². The van der Waals surface area contributed by atoms with Gasteiger partial charge in [0.2, 0.25) is 5.69 Å². The highest BCUT2D eigenvalue weighted by molar-refractivity contribution is 5.85. The van der Waals surface area contributed by atoms with Crippen LogP contribution in [0, 0.1) is 5.21 Å². The molecule has 5 heteroatoms. The maximum absolute atomic E-state index is 10.9. The van der Waals surface area contributed by atoms with Crippen molar-refractivity contribution in [2.75, 3.05) is 23.8 Å². The molecule has 0 aliphatic heterocycles. The van der Waals surface area contributed by atoms with Crippen LogP contribution in [-0.2, 0) is 0 Å². The Morgan fingerprint density at radius 2 is 2.00 bits per heavy atom. The van der Waals surface area contributed by atoms with Crippen molar-refractivity contribution in [1.29, 1.82) is 0 Å². The van der Waals surface area contributed by atoms with Crippen LogP contribution in [0.5, 0.6) is 0 Å². The van der Waals surface area contributed by atoms with Crippen LogP contribution in [0.15, 0.2) is 12.1 Å². The lowest BCUT2D eigenvalue weighted by atomic mass is 10.2. The van der Waals surface area contributed by atoms with Gasteiger partial charge in [-0.1, -0.05) is 0 Å². The third kappa shape index (κ3) is 1.48. The van der Waals surface area contributed by atoms with Gasteiger partial charge in [-0.3, -0.25) is 0 Å². The third-order valence-corrected chi connectivity index (χ3v) is 1.80. The molecule has 1 aromatic carbocycles. The molecule has 0 spiro atoms. The molecule has 0 unspecified atom stereocenters. The fourth-order valence-electron chi connectivity index (χ4n) is 1.06. The molecule has 0 aromatic heterocycles. The summed E-state index contributed by atoms with van der Waals surface area (Å²) >= 11 is 0. The first-order chi connectivity index (χ1) is 6.07. The molecule has 1 aromatic rings. The molecular formula is C8H12N4O. The van der Waals surface area contributed by atoms with Crippen LogP contribution in [0.25, 0.3) is 0 Å². The molecule has 5 nitrogen and oxygen atoms in total. The molecule has 70 valence electrons. The van der Waals surface area contributed by atoms with E-state index >= 15 is 0 Å². The van der Waals surface area contributed by atoms with Gasteiger partial charge in [-0.25, -0.2) is 0 Å². The summed E-state index contributed by atoms with van der Waals surface area (Å²) in [6, 6.07) is 3.24. The van der Waals surface area contributed by atoms with Crippen LogP contribution in [0.2, 0.25) is 0 Å². The van der Waals surface area contributed by atoms with Gasteiger partial charge in [-0.2, -0.15) is 4.74 Å². The average molecular weight is 180 g/mol. The van der Waals surface area contributed by atoms with E-state index in [1.54, 1.807) is 19.2 Å². The highest BCUT2D eigenvalue weighted by Gasteiger charge is 2.11. The van der Waals surface area contributed by atoms with Crippen LogP contribution in [-0.4, -0.2) is 18.5 Å². The fourth-order valence-corrected chi connectivity index (χ4v) is 1.06. The molecule has 0 atom stereocenters. The Morgan fingerprint density at radius 1 is 1.38 bits per heavy atom. The lowest BCUT2D eigenvalue weighted by molar-refractivity contribution is -0.348. The van der Waals surface area contributed by atoms with Crippen LogP contribution in [0.3, 0.4) is 0 Å². The number of benzene rings is 1. The van der Waals surface area contributed by atoms with Crippen LogP contribution < -0.4 is 16.8 Å². The average Bonchev–Trinajstić information content (AvgIpc) is 2.09. The van der Waals surface area contributed by atoms with Crippen molar-refractivity contribution in [3.8, 4) is 0 Å². The second kappa shape index (κ2) is 3.22. The van der Waals surface area contributed by atoms with Gasteiger partial charge >= 0.3 is 0 Å². The monoisotopic (exact) mass is 180 g/mol. The Balaban J connectivity index is 3.31. The first-order valence-electron chi connectivity index (χ1n) is 3.71. The molecule has 13 heavy (non-hydrogen) atoms. The molecule has 0 bridgehead atoms. The maximum Gasteiger partial charge on any atom is 0.241 e. The van der Waals surface area contributed by atoms with E-state index in [-0.39, 0.29) is 11.4 Å². The third-order valence-electron chi connectivity index (χ3n) is 1.80. The van der Waals surface area contributed by atoms with Crippen molar-refractivity contribution in [2.45, 2.75) is 0 Å². The summed E-state index contributed by atoms with van der Waals surface area (Å²) in [6.07, 6.45) is 0. The number of nitrogens with two attached hydrogens (primary N) is 2. The molecule has 0 radical (unpaired) electrons. The summed E-state index contributed by atoms with van der Waals surface area (Å²) in [5.41, 5.74) is 12.8. The molecule has 0 aliphatic rings. The summed E-state index contributed by atoms with van der Waals surface area (Å²) in [7, 11) is 1.73. The van der Waals surface area contributed by atoms with Crippen molar-refractivity contribution in [2.24, 2.45) is 0 Å². The molecular weight excluding hydrogens is 168 g/mol. The predicted octanol–water partition coefficient (Wildman–Crippen LogP) is 0.735. The molecule has 0 saturated carbocycles. The number of hydrogen-bond acceptors (Lipinski definition) is 4. The number of hydrogen-bond donors (Lipinski definition) is 3. The van der Waals surface area contributed by atoms with Gasteiger partial charge in [0.15, 0.2) is 0 Å². The first kappa shape index (κ1) is 9.18. The highest BCUT2D eigenvalue weighted by Crippen LogP contribution is 2.32. The molecule has 0 heterocycles. The van der Waals surface area contributed by atoms with Gasteiger partial charge in [-0.05, 0) is 6.07 Å². The standard InChI is InChI=1S/C8H12N4O/c1-11-5-3-4-6(12(2)13)8(10)7(5)9/h3-4,11H,2,9-10H2,1H3. The second-order valence-corrected chi connectivity index (χ2v) is 2.59. The summed E-state index contributed by atoms with van der Waals surface area (Å²) < 4.78 is 0.436. The maximum atomic E-state index is 10.9. The van der Waals surface area contributed by atoms with E-state index < -0.39 is 0 Å². The van der Waals surface area contributed by atoms with Gasteiger partial charge in [0.1, 0.15) is 12.4 Å². The largest absolute Gasteiger partial charge is 0.619 e. The van der Waals surface area contributed by atoms with E-state index in [9.17, 15) is 5.21 Å². The molecule has 0 fully saturated rings. The Morgan fingerprint density at radius 3 is 2.46 bits per heavy atom. The normalized spacial score (nSPS) is 9.62. The molecule has 0 amide bonds. The molecule has 5 N–H and O–H groups in total. The smallest absolute Gasteiger partial charge is 0.241 e. The van der Waals surface area contributed by atoms with Gasteiger partial charge < -0.3 is 22.0 Å². The lowest BCUT2D eigenvalue weighted by Crippen LogP contribution is -2.04. The minimum Gasteiger partial charge on any atom is -0.619 e. The van der Waals surface area contributed by atoms with Crippen LogP contribution >= 0.6 is 0 Å². The predicted molar refractivity (Wildman–Crippen MR) is 55.2 cm³/mol. The van der Waals surface area contributed by atoms with Crippen molar-refractivity contribution < 1.29 is 4.74 Å². The summed E-state index contributed by atoms with van der Waals surface area (Å²) in [5.74, 6) is 0. The number of nitrogens with one attached hydrogen (secondary N) is 1. The minimum absolute atomic E-state index is 0.247. The number of anilines is 3. The van der Waals surface area contributed by atoms with Gasteiger partial charge in [0, 0.05) is 13.1 Å². The second-order valence-electron chi connectivity index (χ2n) is 2.59. The molecule has 1 rings (SSSR count). The zero-order valence-corrected chi connectivity index (χ0v) is 7.37. The zero-order chi connectivity index (χ0) is 10.0. The van der Waals surface area contributed by atoms with Crippen molar-refractivity contribution in [3.63, 3.8) is 0 Å². The molecule has 0 saturated heterocycles. The number of rotatable bonds is 2. The Hall–Kier alpha value is -1.91. The van der Waals surface area contributed by atoms with Crippen molar-refractivity contribution in [3.05, 3.63) is 17.3 Å². The van der Waals surface area contributed by atoms with E-state index in [0.717, 1.165) is 0 Å². The summed E-state index contributed by atoms with van der Waals surface area (Å²) in [4.78, 5) is 0. The van der Waals surface area contributed by atoms with Crippen LogP contribution in [0.4, 0.5) is 22.7 Å². The summed E-state index contributed by atoms with van der Waals surface area (Å²) in [5, 5.41) is 13.7. The zero-order valence-electron chi connectivity index (χ0n) is 7.37. The van der Waals surface area contributed by atoms with E-state index in [4.69, 9.17) is 11.5 Å². The molecule has 0 aliphatic carbocycles. The summed E-state index contributed by atoms with van der Waals surface area (Å²) in [6.45, 7) is 3.19.